The van der Waals surface area contributed by atoms with Gasteiger partial charge in [-0.05, 0) is 12.1 Å². The van der Waals surface area contributed by atoms with Crippen molar-refractivity contribution >= 4 is 34.3 Å². The van der Waals surface area contributed by atoms with E-state index < -0.39 is 0 Å². The molecule has 1 aromatic carbocycles. The van der Waals surface area contributed by atoms with Crippen LogP contribution < -0.4 is 5.32 Å². The maximum atomic E-state index is 12.1. The second-order valence-electron chi connectivity index (χ2n) is 4.26. The fourth-order valence-corrected chi connectivity index (χ4v) is 2.68. The predicted molar refractivity (Wildman–Crippen MR) is 76.8 cm³/mol. The number of amides is 1. The zero-order valence-corrected chi connectivity index (χ0v) is 11.4. The average Bonchev–Trinajstić information content (AvgIpc) is 2.74. The van der Waals surface area contributed by atoms with Gasteiger partial charge in [-0.1, -0.05) is 23.9 Å². The molecule has 6 heteroatoms. The SMILES string of the molecule is CC(=O)Nc1cccc(C(=O)CN2CCSC2=N)c1. The van der Waals surface area contributed by atoms with E-state index in [9.17, 15) is 9.59 Å². The molecule has 5 nitrogen and oxygen atoms in total. The molecule has 1 aliphatic rings. The summed E-state index contributed by atoms with van der Waals surface area (Å²) in [7, 11) is 0. The van der Waals surface area contributed by atoms with Gasteiger partial charge in [0.15, 0.2) is 11.0 Å². The Labute approximate surface area is 115 Å². The highest BCUT2D eigenvalue weighted by atomic mass is 32.2. The van der Waals surface area contributed by atoms with Crippen molar-refractivity contribution in [2.24, 2.45) is 0 Å². The van der Waals surface area contributed by atoms with Crippen LogP contribution in [0.5, 0.6) is 0 Å². The molecule has 19 heavy (non-hydrogen) atoms. The van der Waals surface area contributed by atoms with E-state index in [2.05, 4.69) is 5.32 Å². The van der Waals surface area contributed by atoms with E-state index in [1.165, 1.54) is 18.7 Å². The minimum absolute atomic E-state index is 0.0422. The molecular weight excluding hydrogens is 262 g/mol. The standard InChI is InChI=1S/C13H15N3O2S/c1-9(17)15-11-4-2-3-10(7-11)12(18)8-16-5-6-19-13(16)14/h2-4,7,14H,5-6,8H2,1H3,(H,15,17). The number of Topliss-reactive ketones (excluding diaryl/α,β-unsaturated/α-hetero) is 1. The number of hydrogen-bond acceptors (Lipinski definition) is 4. The maximum Gasteiger partial charge on any atom is 0.221 e. The van der Waals surface area contributed by atoms with Gasteiger partial charge in [-0.2, -0.15) is 0 Å². The van der Waals surface area contributed by atoms with Gasteiger partial charge in [-0.25, -0.2) is 0 Å². The van der Waals surface area contributed by atoms with Crippen molar-refractivity contribution in [3.63, 3.8) is 0 Å². The molecule has 1 heterocycles. The van der Waals surface area contributed by atoms with Crippen molar-refractivity contribution in [3.05, 3.63) is 29.8 Å². The van der Waals surface area contributed by atoms with Crippen LogP contribution in [0.2, 0.25) is 0 Å². The Kier molecular flexibility index (Phi) is 4.21. The molecule has 2 N–H and O–H groups in total. The third kappa shape index (κ3) is 3.57. The number of ketones is 1. The van der Waals surface area contributed by atoms with Crippen molar-refractivity contribution < 1.29 is 9.59 Å². The average molecular weight is 277 g/mol. The number of anilines is 1. The highest BCUT2D eigenvalue weighted by Gasteiger charge is 2.20. The van der Waals surface area contributed by atoms with Gasteiger partial charge in [0.05, 0.1) is 6.54 Å². The third-order valence-electron chi connectivity index (χ3n) is 2.73. The Morgan fingerprint density at radius 2 is 2.26 bits per heavy atom. The second kappa shape index (κ2) is 5.88. The summed E-state index contributed by atoms with van der Waals surface area (Å²) in [5.74, 6) is 0.652. The van der Waals surface area contributed by atoms with E-state index >= 15 is 0 Å². The van der Waals surface area contributed by atoms with Crippen molar-refractivity contribution in [3.8, 4) is 0 Å². The van der Waals surface area contributed by atoms with Crippen LogP contribution in [0, 0.1) is 5.41 Å². The van der Waals surface area contributed by atoms with Crippen LogP contribution in [-0.2, 0) is 4.79 Å². The van der Waals surface area contributed by atoms with Crippen LogP contribution in [0.3, 0.4) is 0 Å². The highest BCUT2D eigenvalue weighted by Crippen LogP contribution is 2.17. The van der Waals surface area contributed by atoms with Gasteiger partial charge in [0, 0.05) is 30.5 Å². The van der Waals surface area contributed by atoms with E-state index in [4.69, 9.17) is 5.41 Å². The summed E-state index contributed by atoms with van der Waals surface area (Å²) in [6.45, 7) is 2.38. The molecule has 100 valence electrons. The van der Waals surface area contributed by atoms with Crippen molar-refractivity contribution in [2.45, 2.75) is 6.92 Å². The number of carbonyl (C=O) groups is 2. The van der Waals surface area contributed by atoms with E-state index in [0.717, 1.165) is 12.3 Å². The lowest BCUT2D eigenvalue weighted by Crippen LogP contribution is -2.30. The quantitative estimate of drug-likeness (QED) is 0.823. The Balaban J connectivity index is 2.06. The van der Waals surface area contributed by atoms with Crippen LogP contribution in [0.4, 0.5) is 5.69 Å². The van der Waals surface area contributed by atoms with E-state index in [1.807, 2.05) is 0 Å². The van der Waals surface area contributed by atoms with Gasteiger partial charge in [-0.15, -0.1) is 0 Å². The molecule has 1 aromatic rings. The second-order valence-corrected chi connectivity index (χ2v) is 5.34. The summed E-state index contributed by atoms with van der Waals surface area (Å²) in [6, 6.07) is 6.87. The van der Waals surface area contributed by atoms with Crippen molar-refractivity contribution in [1.29, 1.82) is 5.41 Å². The van der Waals surface area contributed by atoms with Crippen LogP contribution in [0.15, 0.2) is 24.3 Å². The number of nitrogens with zero attached hydrogens (tertiary/aromatic N) is 1. The first-order valence-electron chi connectivity index (χ1n) is 5.93. The predicted octanol–water partition coefficient (Wildman–Crippen LogP) is 1.81. The normalized spacial score (nSPS) is 14.6. The lowest BCUT2D eigenvalue weighted by molar-refractivity contribution is -0.114. The Hall–Kier alpha value is -1.82. The molecule has 1 aliphatic heterocycles. The molecule has 0 spiro atoms. The monoisotopic (exact) mass is 277 g/mol. The number of amidine groups is 1. The van der Waals surface area contributed by atoms with Gasteiger partial charge >= 0.3 is 0 Å². The summed E-state index contributed by atoms with van der Waals surface area (Å²) < 4.78 is 0. The first-order valence-corrected chi connectivity index (χ1v) is 6.92. The molecule has 0 unspecified atom stereocenters. The minimum Gasteiger partial charge on any atom is -0.343 e. The molecule has 0 aliphatic carbocycles. The molecule has 0 radical (unpaired) electrons. The third-order valence-corrected chi connectivity index (χ3v) is 3.64. The zero-order valence-electron chi connectivity index (χ0n) is 10.6. The Bertz CT molecular complexity index is 530. The topological polar surface area (TPSA) is 73.3 Å². The molecule has 0 saturated carbocycles. The molecule has 0 aromatic heterocycles. The van der Waals surface area contributed by atoms with Gasteiger partial charge in [0.25, 0.3) is 0 Å². The molecule has 2 rings (SSSR count). The molecular formula is C13H15N3O2S. The summed E-state index contributed by atoms with van der Waals surface area (Å²) in [4.78, 5) is 24.9. The maximum absolute atomic E-state index is 12.1. The van der Waals surface area contributed by atoms with Crippen LogP contribution in [0.25, 0.3) is 0 Å². The number of rotatable bonds is 4. The Morgan fingerprint density at radius 1 is 1.47 bits per heavy atom. The number of hydrogen-bond donors (Lipinski definition) is 2. The number of thioether (sulfide) groups is 1. The summed E-state index contributed by atoms with van der Waals surface area (Å²) in [5, 5.41) is 10.8. The number of benzene rings is 1. The van der Waals surface area contributed by atoms with Crippen molar-refractivity contribution in [2.75, 3.05) is 24.2 Å². The van der Waals surface area contributed by atoms with Gasteiger partial charge in [-0.3, -0.25) is 15.0 Å². The first-order chi connectivity index (χ1) is 9.06. The summed E-state index contributed by atoms with van der Waals surface area (Å²) in [6.07, 6.45) is 0. The van der Waals surface area contributed by atoms with E-state index in [0.29, 0.717) is 16.4 Å². The fraction of sp³-hybridized carbons (Fsp3) is 0.308. The first kappa shape index (κ1) is 13.6. The summed E-state index contributed by atoms with van der Waals surface area (Å²) >= 11 is 1.45. The number of carbonyl (C=O) groups excluding carboxylic acids is 2. The van der Waals surface area contributed by atoms with Gasteiger partial charge in [0.2, 0.25) is 5.91 Å². The molecule has 0 atom stereocenters. The lowest BCUT2D eigenvalue weighted by Gasteiger charge is -2.15. The lowest BCUT2D eigenvalue weighted by atomic mass is 10.1. The highest BCUT2D eigenvalue weighted by molar-refractivity contribution is 8.14. The van der Waals surface area contributed by atoms with Gasteiger partial charge < -0.3 is 10.2 Å². The zero-order chi connectivity index (χ0) is 13.8. The summed E-state index contributed by atoms with van der Waals surface area (Å²) in [5.41, 5.74) is 1.17. The van der Waals surface area contributed by atoms with Gasteiger partial charge in [0.1, 0.15) is 0 Å². The molecule has 0 bridgehead atoms. The minimum atomic E-state index is -0.165. The molecule has 1 amide bonds. The largest absolute Gasteiger partial charge is 0.343 e. The van der Waals surface area contributed by atoms with E-state index in [1.54, 1.807) is 29.2 Å². The number of nitrogens with one attached hydrogen (secondary N) is 2. The van der Waals surface area contributed by atoms with Crippen LogP contribution in [0.1, 0.15) is 17.3 Å². The van der Waals surface area contributed by atoms with Crippen molar-refractivity contribution in [1.82, 2.24) is 4.90 Å². The Morgan fingerprint density at radius 3 is 2.89 bits per heavy atom. The molecule has 1 saturated heterocycles. The van der Waals surface area contributed by atoms with E-state index in [-0.39, 0.29) is 18.2 Å². The fourth-order valence-electron chi connectivity index (χ4n) is 1.83. The van der Waals surface area contributed by atoms with Crippen LogP contribution in [-0.4, -0.2) is 40.6 Å². The van der Waals surface area contributed by atoms with Crippen LogP contribution >= 0.6 is 11.8 Å². The smallest absolute Gasteiger partial charge is 0.221 e. The molecule has 1 fully saturated rings.